The van der Waals surface area contributed by atoms with E-state index in [9.17, 15) is 14.7 Å². The number of nitrogens with zero attached hydrogens (tertiary/aromatic N) is 4. The molecule has 2 aromatic rings. The average Bonchev–Trinajstić information content (AvgIpc) is 3.56. The van der Waals surface area contributed by atoms with Gasteiger partial charge in [-0.05, 0) is 49.3 Å². The van der Waals surface area contributed by atoms with E-state index in [2.05, 4.69) is 23.1 Å². The van der Waals surface area contributed by atoms with Crippen molar-refractivity contribution < 1.29 is 23.2 Å². The number of aromatic nitrogens is 3. The van der Waals surface area contributed by atoms with Crippen LogP contribution < -0.4 is 5.73 Å². The van der Waals surface area contributed by atoms with E-state index >= 15 is 0 Å². The fourth-order valence-corrected chi connectivity index (χ4v) is 6.54. The fourth-order valence-electron chi connectivity index (χ4n) is 4.82. The number of phosphoric acid groups is 1. The number of phosphoric ester groups is 1. The second-order valence-electron chi connectivity index (χ2n) is 10.1. The van der Waals surface area contributed by atoms with E-state index in [4.69, 9.17) is 19.5 Å². The van der Waals surface area contributed by atoms with Crippen molar-refractivity contribution in [3.8, 4) is 6.07 Å². The first kappa shape index (κ1) is 31.9. The number of hydrogen-bond donors (Lipinski definition) is 2. The van der Waals surface area contributed by atoms with Crippen molar-refractivity contribution in [3.63, 3.8) is 0 Å². The maximum atomic E-state index is 12.3. The first-order valence-electron chi connectivity index (χ1n) is 14.3. The lowest BCUT2D eigenvalue weighted by Gasteiger charge is -2.22. The van der Waals surface area contributed by atoms with Crippen molar-refractivity contribution in [3.05, 3.63) is 24.2 Å². The molecule has 0 bridgehead atoms. The smallest absolute Gasteiger partial charge is 0.382 e. The van der Waals surface area contributed by atoms with E-state index in [0.29, 0.717) is 36.3 Å². The molecule has 2 aromatic heterocycles. The van der Waals surface area contributed by atoms with Gasteiger partial charge in [0.05, 0.1) is 25.0 Å². The fraction of sp³-hybridized carbons (Fsp3) is 0.741. The Morgan fingerprint density at radius 2 is 1.85 bits per heavy atom. The summed E-state index contributed by atoms with van der Waals surface area (Å²) < 4.78 is 30.2. The molecule has 1 saturated heterocycles. The van der Waals surface area contributed by atoms with Gasteiger partial charge in [-0.25, -0.2) is 14.1 Å². The van der Waals surface area contributed by atoms with Gasteiger partial charge in [-0.15, -0.1) is 0 Å². The molecule has 10 nitrogen and oxygen atoms in total. The van der Waals surface area contributed by atoms with Gasteiger partial charge in [-0.2, -0.15) is 22.1 Å². The second kappa shape index (κ2) is 16.6. The highest BCUT2D eigenvalue weighted by Gasteiger charge is 2.45. The van der Waals surface area contributed by atoms with Crippen molar-refractivity contribution >= 4 is 30.9 Å². The molecule has 1 fully saturated rings. The molecule has 218 valence electrons. The molecule has 1 unspecified atom stereocenters. The van der Waals surface area contributed by atoms with E-state index < -0.39 is 19.5 Å². The van der Waals surface area contributed by atoms with Crippen LogP contribution in [0.25, 0.3) is 5.52 Å². The number of rotatable bonds is 20. The molecular weight excluding hydrogens is 537 g/mol. The van der Waals surface area contributed by atoms with Gasteiger partial charge in [0.25, 0.3) is 0 Å². The lowest BCUT2D eigenvalue weighted by atomic mass is 9.98. The highest BCUT2D eigenvalue weighted by Crippen LogP contribution is 2.46. The standard InChI is InChI=1S/C27H44N5O5PS/c1-2-3-4-5-6-7-8-9-10-11-18-39-19-12-17-35-38(33,34)36-20-23-15-16-27(21-28,37-23)25-14-13-24-26(29)30-22-31-32(24)25/h13-14,22-23H,2-12,15-20H2,1H3,(H,33,34)(H2,29,30,31)/t23-,27-/m0/s1. The van der Waals surface area contributed by atoms with Crippen molar-refractivity contribution in [2.24, 2.45) is 0 Å². The third-order valence-corrected chi connectivity index (χ3v) is 9.15. The third kappa shape index (κ3) is 10.0. The molecule has 0 amide bonds. The van der Waals surface area contributed by atoms with Crippen LogP contribution in [0.3, 0.4) is 0 Å². The van der Waals surface area contributed by atoms with Crippen LogP contribution in [-0.4, -0.2) is 50.3 Å². The van der Waals surface area contributed by atoms with Crippen LogP contribution in [0.2, 0.25) is 0 Å². The highest BCUT2D eigenvalue weighted by molar-refractivity contribution is 7.99. The van der Waals surface area contributed by atoms with Gasteiger partial charge in [0.15, 0.2) is 11.4 Å². The number of nitrogen functional groups attached to an aromatic ring is 1. The molecule has 1 aliphatic rings. The minimum absolute atomic E-state index is 0.148. The number of fused-ring (bicyclic) bond motifs is 1. The van der Waals surface area contributed by atoms with Crippen LogP contribution in [0.15, 0.2) is 18.5 Å². The minimum atomic E-state index is -4.20. The minimum Gasteiger partial charge on any atom is -0.382 e. The van der Waals surface area contributed by atoms with Crippen LogP contribution >= 0.6 is 19.6 Å². The maximum absolute atomic E-state index is 12.3. The summed E-state index contributed by atoms with van der Waals surface area (Å²) >= 11 is 1.86. The van der Waals surface area contributed by atoms with Crippen LogP contribution in [0, 0.1) is 11.3 Å². The lowest BCUT2D eigenvalue weighted by Crippen LogP contribution is -2.28. The molecular formula is C27H44N5O5PS. The molecule has 0 radical (unpaired) electrons. The van der Waals surface area contributed by atoms with Crippen LogP contribution in [0.4, 0.5) is 5.82 Å². The predicted molar refractivity (Wildman–Crippen MR) is 154 cm³/mol. The zero-order valence-electron chi connectivity index (χ0n) is 23.1. The Kier molecular flexibility index (Phi) is 13.5. The first-order chi connectivity index (χ1) is 18.9. The zero-order valence-corrected chi connectivity index (χ0v) is 24.8. The van der Waals surface area contributed by atoms with Crippen molar-refractivity contribution in [1.82, 2.24) is 14.6 Å². The molecule has 3 heterocycles. The quantitative estimate of drug-likeness (QED) is 0.133. The summed E-state index contributed by atoms with van der Waals surface area (Å²) in [6.07, 6.45) is 15.7. The van der Waals surface area contributed by atoms with E-state index in [-0.39, 0.29) is 13.2 Å². The zero-order chi connectivity index (χ0) is 28.0. The molecule has 1 aliphatic heterocycles. The summed E-state index contributed by atoms with van der Waals surface area (Å²) in [5.74, 6) is 2.30. The monoisotopic (exact) mass is 581 g/mol. The Labute approximate surface area is 236 Å². The average molecular weight is 582 g/mol. The Balaban J connectivity index is 1.25. The maximum Gasteiger partial charge on any atom is 0.472 e. The summed E-state index contributed by atoms with van der Waals surface area (Å²) in [5.41, 5.74) is 5.77. The Hall–Kier alpha value is -1.67. The predicted octanol–water partition coefficient (Wildman–Crippen LogP) is 6.39. The van der Waals surface area contributed by atoms with E-state index in [0.717, 1.165) is 11.5 Å². The van der Waals surface area contributed by atoms with Gasteiger partial charge in [0.2, 0.25) is 0 Å². The van der Waals surface area contributed by atoms with Gasteiger partial charge in [0.1, 0.15) is 17.9 Å². The number of unbranched alkanes of at least 4 members (excludes halogenated alkanes) is 9. The molecule has 0 aromatic carbocycles. The van der Waals surface area contributed by atoms with Crippen LogP contribution in [0.5, 0.6) is 0 Å². The Bertz CT molecular complexity index is 1100. The summed E-state index contributed by atoms with van der Waals surface area (Å²) in [5, 5.41) is 14.1. The van der Waals surface area contributed by atoms with Gasteiger partial charge < -0.3 is 15.4 Å². The summed E-state index contributed by atoms with van der Waals surface area (Å²) in [6, 6.07) is 5.71. The Morgan fingerprint density at radius 3 is 2.56 bits per heavy atom. The van der Waals surface area contributed by atoms with Crippen molar-refractivity contribution in [2.45, 2.75) is 102 Å². The number of ether oxygens (including phenoxy) is 1. The van der Waals surface area contributed by atoms with Crippen molar-refractivity contribution in [2.75, 3.05) is 30.5 Å². The van der Waals surface area contributed by atoms with Crippen molar-refractivity contribution in [1.29, 1.82) is 5.26 Å². The molecule has 3 atom stereocenters. The number of nitriles is 1. The largest absolute Gasteiger partial charge is 0.472 e. The van der Waals surface area contributed by atoms with Crippen LogP contribution in [0.1, 0.15) is 96.1 Å². The number of nitrogens with two attached hydrogens (primary N) is 1. The van der Waals surface area contributed by atoms with E-state index in [1.54, 1.807) is 16.6 Å². The molecule has 3 N–H and O–H groups in total. The van der Waals surface area contributed by atoms with Gasteiger partial charge in [-0.1, -0.05) is 64.7 Å². The Morgan fingerprint density at radius 1 is 1.15 bits per heavy atom. The summed E-state index contributed by atoms with van der Waals surface area (Å²) in [6.45, 7) is 2.26. The number of hydrogen-bond acceptors (Lipinski definition) is 9. The topological polar surface area (TPSA) is 145 Å². The molecule has 12 heteroatoms. The first-order valence-corrected chi connectivity index (χ1v) is 16.9. The molecule has 0 aliphatic carbocycles. The van der Waals surface area contributed by atoms with E-state index in [1.165, 1.54) is 70.5 Å². The molecule has 3 rings (SSSR count). The van der Waals surface area contributed by atoms with Gasteiger partial charge in [0, 0.05) is 0 Å². The summed E-state index contributed by atoms with van der Waals surface area (Å²) in [4.78, 5) is 14.0. The molecule has 39 heavy (non-hydrogen) atoms. The van der Waals surface area contributed by atoms with E-state index in [1.807, 2.05) is 11.8 Å². The highest BCUT2D eigenvalue weighted by atomic mass is 32.2. The van der Waals surface area contributed by atoms with Gasteiger partial charge >= 0.3 is 7.82 Å². The molecule has 0 spiro atoms. The van der Waals surface area contributed by atoms with Gasteiger partial charge in [-0.3, -0.25) is 9.05 Å². The SMILES string of the molecule is CCCCCCCCCCCCSCCCOP(=O)(O)OC[C@@H]1CC[C@](C#N)(c2ccc3c(N)ncnn23)O1. The normalized spacial score (nSPS) is 20.8. The second-order valence-corrected chi connectivity index (χ2v) is 12.8. The third-order valence-electron chi connectivity index (χ3n) is 7.02. The lowest BCUT2D eigenvalue weighted by molar-refractivity contribution is -0.0334. The molecule has 0 saturated carbocycles. The van der Waals surface area contributed by atoms with Crippen LogP contribution in [-0.2, 0) is 24.0 Å². The number of thioether (sulfide) groups is 1. The summed E-state index contributed by atoms with van der Waals surface area (Å²) in [7, 11) is -4.20. The number of anilines is 1.